The van der Waals surface area contributed by atoms with Gasteiger partial charge < -0.3 is 0 Å². The molecule has 140 valence electrons. The summed E-state index contributed by atoms with van der Waals surface area (Å²) in [7, 11) is 0. The van der Waals surface area contributed by atoms with Crippen LogP contribution in [-0.4, -0.2) is 0 Å². The molecule has 0 bridgehead atoms. The normalized spacial score (nSPS) is 9.27. The van der Waals surface area contributed by atoms with Crippen molar-refractivity contribution in [2.45, 2.75) is 130 Å². The van der Waals surface area contributed by atoms with E-state index in [4.69, 9.17) is 0 Å². The Kier molecular flexibility index (Phi) is 46.0. The maximum Gasteiger partial charge on any atom is -0.0533 e. The molecule has 22 heavy (non-hydrogen) atoms. The molecule has 0 fully saturated rings. The van der Waals surface area contributed by atoms with Gasteiger partial charge in [-0.05, 0) is 0 Å². The van der Waals surface area contributed by atoms with E-state index in [1.54, 1.807) is 0 Å². The predicted molar refractivity (Wildman–Crippen MR) is 111 cm³/mol. The predicted octanol–water partition coefficient (Wildman–Crippen LogP) is 9.14. The van der Waals surface area contributed by atoms with Crippen LogP contribution in [0.15, 0.2) is 0 Å². The zero-order valence-corrected chi connectivity index (χ0v) is 17.8. The molecule has 0 aliphatic rings. The van der Waals surface area contributed by atoms with Crippen LogP contribution < -0.4 is 0 Å². The largest absolute Gasteiger partial charge is 0.147 e. The Morgan fingerprint density at radius 1 is 0.273 bits per heavy atom. The third-order valence-electron chi connectivity index (χ3n) is 3.91. The summed E-state index contributed by atoms with van der Waals surface area (Å²) in [5.41, 5.74) is 0. The molecule has 0 saturated carbocycles. The average Bonchev–Trinajstić information content (AvgIpc) is 2.47. The molecule has 0 radical (unpaired) electrons. The van der Waals surface area contributed by atoms with Crippen LogP contribution in [0.4, 0.5) is 0 Å². The highest BCUT2D eigenvalue weighted by Gasteiger charge is 1.88. The number of hydrogen-bond acceptors (Lipinski definition) is 0. The first-order chi connectivity index (χ1) is 9.83. The average molecular weight is 357 g/mol. The van der Waals surface area contributed by atoms with Gasteiger partial charge in [0.1, 0.15) is 0 Å². The summed E-state index contributed by atoms with van der Waals surface area (Å²) in [5.74, 6) is 0. The lowest BCUT2D eigenvalue weighted by atomic mass is 10.1. The molecule has 0 saturated heterocycles. The number of rotatable bonds is 14. The van der Waals surface area contributed by atoms with Gasteiger partial charge in [0.05, 0.1) is 0 Å². The van der Waals surface area contributed by atoms with Crippen LogP contribution in [0.25, 0.3) is 0 Å². The summed E-state index contributed by atoms with van der Waals surface area (Å²) in [6, 6.07) is 0. The maximum atomic E-state index is 2.27. The minimum atomic E-state index is 0. The molecule has 0 atom stereocenters. The van der Waals surface area contributed by atoms with E-state index in [1.807, 2.05) is 0 Å². The van der Waals surface area contributed by atoms with Gasteiger partial charge in [-0.25, -0.2) is 0 Å². The molecule has 0 aromatic carbocycles. The van der Waals surface area contributed by atoms with Crippen LogP contribution in [0.2, 0.25) is 0 Å². The Bertz CT molecular complexity index is 106. The van der Waals surface area contributed by atoms with Crippen molar-refractivity contribution in [2.75, 3.05) is 0 Å². The lowest BCUT2D eigenvalue weighted by Gasteiger charge is -1.97. The molecule has 0 spiro atoms. The van der Waals surface area contributed by atoms with Gasteiger partial charge in [0, 0.05) is 0 Å². The fourth-order valence-electron chi connectivity index (χ4n) is 2.41. The highest BCUT2D eigenvalue weighted by molar-refractivity contribution is 5.85. The first-order valence-corrected chi connectivity index (χ1v) is 9.83. The summed E-state index contributed by atoms with van der Waals surface area (Å²) < 4.78 is 0. The summed E-state index contributed by atoms with van der Waals surface area (Å²) >= 11 is 0. The summed E-state index contributed by atoms with van der Waals surface area (Å²) in [4.78, 5) is 0. The Morgan fingerprint density at radius 3 is 0.545 bits per heavy atom. The van der Waals surface area contributed by atoms with Crippen molar-refractivity contribution in [1.82, 2.24) is 0 Å². The van der Waals surface area contributed by atoms with E-state index >= 15 is 0 Å². The van der Waals surface area contributed by atoms with E-state index in [0.717, 1.165) is 0 Å². The second kappa shape index (κ2) is 33.2. The van der Waals surface area contributed by atoms with Crippen molar-refractivity contribution in [1.29, 1.82) is 0 Å². The van der Waals surface area contributed by atoms with E-state index in [2.05, 4.69) is 27.7 Å². The molecule has 0 aromatic heterocycles. The molecule has 0 amide bonds. The van der Waals surface area contributed by atoms with Gasteiger partial charge in [0.2, 0.25) is 0 Å². The third kappa shape index (κ3) is 37.1. The maximum absolute atomic E-state index is 2.27. The number of hydrogen-bond donors (Lipinski definition) is 0. The van der Waals surface area contributed by atoms with Crippen LogP contribution in [0, 0.1) is 0 Å². The number of unbranched alkanes of at least 4 members (excludes halogenated alkanes) is 14. The summed E-state index contributed by atoms with van der Waals surface area (Å²) in [6.07, 6.45) is 22.9. The quantitative estimate of drug-likeness (QED) is 0.272. The van der Waals surface area contributed by atoms with Gasteiger partial charge in [0.15, 0.2) is 0 Å². The number of halogens is 2. The SMILES string of the molecule is CCCCCCCCCC.CCCCCCCCCC.Cl.Cl. The molecular formula is C20H46Cl2. The summed E-state index contributed by atoms with van der Waals surface area (Å²) in [5, 5.41) is 0. The lowest BCUT2D eigenvalue weighted by Crippen LogP contribution is -1.77. The van der Waals surface area contributed by atoms with Gasteiger partial charge in [-0.1, -0.05) is 130 Å². The minimum absolute atomic E-state index is 0. The van der Waals surface area contributed by atoms with E-state index in [0.29, 0.717) is 0 Å². The third-order valence-corrected chi connectivity index (χ3v) is 3.91. The van der Waals surface area contributed by atoms with Crippen molar-refractivity contribution >= 4 is 24.8 Å². The van der Waals surface area contributed by atoms with Crippen molar-refractivity contribution in [3.8, 4) is 0 Å². The van der Waals surface area contributed by atoms with E-state index in [1.165, 1.54) is 103 Å². The van der Waals surface area contributed by atoms with Crippen LogP contribution >= 0.6 is 24.8 Å². The van der Waals surface area contributed by atoms with Crippen LogP contribution in [0.3, 0.4) is 0 Å². The molecule has 0 N–H and O–H groups in total. The van der Waals surface area contributed by atoms with Gasteiger partial charge in [-0.15, -0.1) is 24.8 Å². The van der Waals surface area contributed by atoms with Gasteiger partial charge >= 0.3 is 0 Å². The minimum Gasteiger partial charge on any atom is -0.147 e. The Labute approximate surface area is 155 Å². The molecular weight excluding hydrogens is 311 g/mol. The highest BCUT2D eigenvalue weighted by atomic mass is 35.5. The van der Waals surface area contributed by atoms with Crippen LogP contribution in [0.5, 0.6) is 0 Å². The molecule has 0 aromatic rings. The Morgan fingerprint density at radius 2 is 0.409 bits per heavy atom. The highest BCUT2D eigenvalue weighted by Crippen LogP contribution is 2.08. The molecule has 2 heteroatoms. The Balaban J connectivity index is -0.000000135. The van der Waals surface area contributed by atoms with Gasteiger partial charge in [-0.2, -0.15) is 0 Å². The first kappa shape index (κ1) is 30.5. The Hall–Kier alpha value is 0.580. The van der Waals surface area contributed by atoms with Gasteiger partial charge in [0.25, 0.3) is 0 Å². The van der Waals surface area contributed by atoms with Crippen molar-refractivity contribution in [3.63, 3.8) is 0 Å². The lowest BCUT2D eigenvalue weighted by molar-refractivity contribution is 0.585. The zero-order valence-electron chi connectivity index (χ0n) is 16.1. The standard InChI is InChI=1S/2C10H22.2ClH/c2*1-3-5-7-9-10-8-6-4-2;;/h2*3-10H2,1-2H3;2*1H. The fourth-order valence-corrected chi connectivity index (χ4v) is 2.41. The van der Waals surface area contributed by atoms with E-state index in [9.17, 15) is 0 Å². The van der Waals surface area contributed by atoms with Crippen LogP contribution in [-0.2, 0) is 0 Å². The molecule has 0 nitrogen and oxygen atoms in total. The van der Waals surface area contributed by atoms with Crippen molar-refractivity contribution in [3.05, 3.63) is 0 Å². The fraction of sp³-hybridized carbons (Fsp3) is 1.00. The van der Waals surface area contributed by atoms with Crippen LogP contribution in [0.1, 0.15) is 130 Å². The monoisotopic (exact) mass is 356 g/mol. The van der Waals surface area contributed by atoms with E-state index < -0.39 is 0 Å². The van der Waals surface area contributed by atoms with Gasteiger partial charge in [-0.3, -0.25) is 0 Å². The second-order valence-electron chi connectivity index (χ2n) is 6.24. The van der Waals surface area contributed by atoms with E-state index in [-0.39, 0.29) is 24.8 Å². The second-order valence-corrected chi connectivity index (χ2v) is 6.24. The molecule has 0 heterocycles. The smallest absolute Gasteiger partial charge is 0.0533 e. The molecule has 0 rings (SSSR count). The summed E-state index contributed by atoms with van der Waals surface area (Å²) in [6.45, 7) is 9.08. The first-order valence-electron chi connectivity index (χ1n) is 9.83. The van der Waals surface area contributed by atoms with Crippen molar-refractivity contribution in [2.24, 2.45) is 0 Å². The molecule has 0 aliphatic heterocycles. The molecule has 0 unspecified atom stereocenters. The topological polar surface area (TPSA) is 0 Å². The van der Waals surface area contributed by atoms with Crippen molar-refractivity contribution < 1.29 is 0 Å². The zero-order chi connectivity index (χ0) is 15.3. The molecule has 0 aliphatic carbocycles.